The zero-order valence-electron chi connectivity index (χ0n) is 60.8. The van der Waals surface area contributed by atoms with Crippen molar-refractivity contribution < 1.29 is 9.47 Å². The molecule has 0 amide bonds. The van der Waals surface area contributed by atoms with E-state index in [0.717, 1.165) is 75.7 Å². The molecule has 0 saturated carbocycles. The van der Waals surface area contributed by atoms with E-state index >= 15 is 0 Å². The van der Waals surface area contributed by atoms with E-state index in [0.29, 0.717) is 47.5 Å². The van der Waals surface area contributed by atoms with E-state index in [1.165, 1.54) is 99.0 Å². The molecule has 0 aromatic heterocycles. The summed E-state index contributed by atoms with van der Waals surface area (Å²) < 4.78 is 13.5. The second-order valence-corrected chi connectivity index (χ2v) is 34.9. The third-order valence-electron chi connectivity index (χ3n) is 22.8. The van der Waals surface area contributed by atoms with E-state index in [1.54, 1.807) is 6.08 Å². The molecule has 2 atom stereocenters. The Morgan fingerprint density at radius 1 is 0.557 bits per heavy atom. The largest absolute Gasteiger partial charge is 0.462 e. The monoisotopic (exact) mass is 1280 g/mol. The number of rotatable bonds is 12. The van der Waals surface area contributed by atoms with E-state index < -0.39 is 17.3 Å². The second kappa shape index (κ2) is 24.0. The molecule has 97 heavy (non-hydrogen) atoms. The van der Waals surface area contributed by atoms with Crippen molar-refractivity contribution in [3.8, 4) is 24.3 Å². The Bertz CT molecular complexity index is 4750. The highest BCUT2D eigenvalue weighted by molar-refractivity contribution is 6.33. The Morgan fingerprint density at radius 3 is 1.59 bits per heavy atom. The molecule has 0 N–H and O–H groups in total. The number of nitriles is 4. The third-order valence-corrected chi connectivity index (χ3v) is 22.8. The predicted molar refractivity (Wildman–Crippen MR) is 402 cm³/mol. The fourth-order valence-electron chi connectivity index (χ4n) is 16.5. The number of benzene rings is 7. The lowest BCUT2D eigenvalue weighted by Gasteiger charge is -2.48. The summed E-state index contributed by atoms with van der Waals surface area (Å²) in [6.45, 7) is 42.9. The number of fused-ring (bicyclic) bond motifs is 2. The van der Waals surface area contributed by atoms with Gasteiger partial charge < -0.3 is 19.3 Å². The minimum Gasteiger partial charge on any atom is -0.462 e. The molecule has 13 rings (SSSR count). The molecule has 0 saturated heterocycles. The summed E-state index contributed by atoms with van der Waals surface area (Å²) in [5.74, 6) is 1.07. The Morgan fingerprint density at radius 2 is 1.06 bits per heavy atom. The molecule has 7 aromatic rings. The summed E-state index contributed by atoms with van der Waals surface area (Å²) in [6, 6.07) is 38.7. The van der Waals surface area contributed by atoms with Gasteiger partial charge in [-0.05, 0) is 268 Å². The lowest BCUT2D eigenvalue weighted by atomic mass is 9.69. The van der Waals surface area contributed by atoms with Gasteiger partial charge in [0.05, 0.1) is 12.1 Å². The summed E-state index contributed by atoms with van der Waals surface area (Å²) in [4.78, 5) is 5.34. The normalized spacial score (nSPS) is 19.4. The maximum atomic E-state index is 10.2. The van der Waals surface area contributed by atoms with Crippen molar-refractivity contribution in [3.05, 3.63) is 199 Å². The van der Waals surface area contributed by atoms with Gasteiger partial charge in [0.2, 0.25) is 0 Å². The Balaban J connectivity index is 0.749. The number of ether oxygens (including phenoxy) is 2. The van der Waals surface area contributed by atoms with Gasteiger partial charge in [0.15, 0.2) is 0 Å². The van der Waals surface area contributed by atoms with Crippen LogP contribution in [0.5, 0.6) is 0 Å². The molecule has 8 heteroatoms. The van der Waals surface area contributed by atoms with Crippen LogP contribution in [0, 0.1) is 62.6 Å². The van der Waals surface area contributed by atoms with Crippen LogP contribution in [0.4, 0.5) is 11.4 Å². The van der Waals surface area contributed by atoms with Crippen LogP contribution >= 0.6 is 0 Å². The van der Waals surface area contributed by atoms with E-state index in [2.05, 4.69) is 237 Å². The van der Waals surface area contributed by atoms with Crippen LogP contribution in [0.15, 0.2) is 143 Å². The number of aryl methyl sites for hydroxylation is 2. The number of hydrogen-bond acceptors (Lipinski definition) is 8. The summed E-state index contributed by atoms with van der Waals surface area (Å²) in [7, 11) is 0. The molecular weight excluding hydrogens is 1190 g/mol. The van der Waals surface area contributed by atoms with E-state index in [1.807, 2.05) is 30.4 Å². The van der Waals surface area contributed by atoms with Crippen molar-refractivity contribution >= 4 is 66.6 Å². The first kappa shape index (κ1) is 66.8. The Kier molecular flexibility index (Phi) is 16.5. The van der Waals surface area contributed by atoms with Gasteiger partial charge in [-0.25, -0.2) is 0 Å². The predicted octanol–water partition coefficient (Wildman–Crippen LogP) is 22.0. The summed E-state index contributed by atoms with van der Waals surface area (Å²) in [5, 5.41) is 51.7. The minimum absolute atomic E-state index is 0.00304. The quantitative estimate of drug-likeness (QED) is 0.0674. The zero-order chi connectivity index (χ0) is 69.3. The molecule has 6 heterocycles. The van der Waals surface area contributed by atoms with Crippen molar-refractivity contribution in [1.29, 1.82) is 21.0 Å². The topological polar surface area (TPSA) is 120 Å². The number of anilines is 2. The summed E-state index contributed by atoms with van der Waals surface area (Å²) in [6.07, 6.45) is 24.1. The van der Waals surface area contributed by atoms with E-state index in [-0.39, 0.29) is 38.1 Å². The fraction of sp³-hybridized carbons (Fsp3) is 0.438. The first-order valence-corrected chi connectivity index (χ1v) is 35.7. The Labute approximate surface area is 578 Å². The van der Waals surface area contributed by atoms with Gasteiger partial charge in [0, 0.05) is 60.4 Å². The van der Waals surface area contributed by atoms with Gasteiger partial charge in [-0.15, -0.1) is 0 Å². The van der Waals surface area contributed by atoms with Crippen LogP contribution in [0.2, 0.25) is 0 Å². The first-order valence-electron chi connectivity index (χ1n) is 35.7. The standard InChI is InChI=1S/C89H98N6O2/c1-83(2,3)64-37-60-38-65(84(4,5)6)47-74-75-48-67(40-61-39-66(85(7,8)9)46-73(80(61)75)72(45-64)79(60)74)89(16,17)49-68-23-22-57-34-54(33-56-19-18-30-95(68)81(56)57)20-24-69-41-58(62(50-90)51-91)42-71(96-69)26-27-88(14,15)78-44-59(63(52-92)53-93)43-70(97-78)25-21-55-35-76-82-77(36-55)87(12,13)29-32-94(82)31-28-86(76,10)11/h20-21,24-25,33-48,58,62,68H,18-19,22-23,26-32,49H2,1-17H3/b24-20+,25-21+. The molecule has 496 valence electrons. The molecule has 0 bridgehead atoms. The summed E-state index contributed by atoms with van der Waals surface area (Å²) >= 11 is 0. The smallest absolute Gasteiger partial charge is 0.143 e. The van der Waals surface area contributed by atoms with Crippen molar-refractivity contribution in [2.24, 2.45) is 17.3 Å². The molecule has 6 aliphatic rings. The highest BCUT2D eigenvalue weighted by Crippen LogP contribution is 2.52. The van der Waals surface area contributed by atoms with Gasteiger partial charge in [-0.2, -0.15) is 21.0 Å². The molecule has 0 fully saturated rings. The van der Waals surface area contributed by atoms with Crippen LogP contribution in [0.25, 0.3) is 55.2 Å². The third kappa shape index (κ3) is 12.5. The molecule has 2 unspecified atom stereocenters. The molecule has 0 aliphatic carbocycles. The van der Waals surface area contributed by atoms with Crippen LogP contribution < -0.4 is 9.80 Å². The summed E-state index contributed by atoms with van der Waals surface area (Å²) in [5.41, 5.74) is 15.9. The average molecular weight is 1280 g/mol. The van der Waals surface area contributed by atoms with Gasteiger partial charge in [-0.3, -0.25) is 0 Å². The zero-order valence-corrected chi connectivity index (χ0v) is 60.8. The molecular formula is C89H98N6O2. The van der Waals surface area contributed by atoms with Crippen molar-refractivity contribution in [2.45, 2.75) is 214 Å². The van der Waals surface area contributed by atoms with Gasteiger partial charge in [0.25, 0.3) is 0 Å². The number of nitrogens with zero attached hydrogens (tertiary/aromatic N) is 6. The van der Waals surface area contributed by atoms with Crippen molar-refractivity contribution in [3.63, 3.8) is 0 Å². The highest BCUT2D eigenvalue weighted by atomic mass is 16.5. The molecule has 0 spiro atoms. The van der Waals surface area contributed by atoms with Crippen LogP contribution in [0.3, 0.4) is 0 Å². The lowest BCUT2D eigenvalue weighted by Crippen LogP contribution is -2.45. The Hall–Kier alpha value is -8.82. The van der Waals surface area contributed by atoms with Crippen LogP contribution in [-0.4, -0.2) is 25.7 Å². The number of allylic oxidation sites excluding steroid dienone is 10. The fourth-order valence-corrected chi connectivity index (χ4v) is 16.5. The molecule has 7 aromatic carbocycles. The van der Waals surface area contributed by atoms with Crippen LogP contribution in [0.1, 0.15) is 218 Å². The molecule has 8 nitrogen and oxygen atoms in total. The maximum Gasteiger partial charge on any atom is 0.143 e. The van der Waals surface area contributed by atoms with E-state index in [4.69, 9.17) is 9.47 Å². The maximum absolute atomic E-state index is 10.2. The van der Waals surface area contributed by atoms with Crippen molar-refractivity contribution in [1.82, 2.24) is 0 Å². The highest BCUT2D eigenvalue weighted by Gasteiger charge is 2.41. The van der Waals surface area contributed by atoms with Gasteiger partial charge in [0.1, 0.15) is 46.7 Å². The van der Waals surface area contributed by atoms with Crippen LogP contribution in [-0.2, 0) is 54.8 Å². The molecule has 0 radical (unpaired) electrons. The minimum atomic E-state index is -0.899. The second-order valence-electron chi connectivity index (χ2n) is 34.9. The van der Waals surface area contributed by atoms with E-state index in [9.17, 15) is 21.0 Å². The first-order chi connectivity index (χ1) is 45.7. The van der Waals surface area contributed by atoms with Gasteiger partial charge in [-0.1, -0.05) is 154 Å². The lowest BCUT2D eigenvalue weighted by molar-refractivity contribution is 0.190. The number of hydrogen-bond donors (Lipinski definition) is 0. The average Bonchev–Trinajstić information content (AvgIpc) is 0.705. The SMILES string of the molecule is CC(C)(CCC1=CC(C(C#N)C#N)C=C(/C=C/c2cc3c4c(c2)CCC(CC(C)(C)c2cc5cc(C(C)(C)C)cc6c7cc(C(C)(C)C)cc8cc(C(C)(C)C)cc(c(c2)c56)c87)N4CCC3)O1)C1=CC(=C(C#N)C#N)C=C(/C=C/c2cc3c4c(c2)C(C)(C)CCN4CCC3(C)C)O1. The molecule has 6 aliphatic heterocycles. The van der Waals surface area contributed by atoms with Gasteiger partial charge >= 0.3 is 0 Å². The van der Waals surface area contributed by atoms with Crippen molar-refractivity contribution in [2.75, 3.05) is 29.4 Å².